The van der Waals surface area contributed by atoms with Gasteiger partial charge in [0.1, 0.15) is 0 Å². The summed E-state index contributed by atoms with van der Waals surface area (Å²) in [4.78, 5) is 24.4. The molecule has 0 aliphatic carbocycles. The van der Waals surface area contributed by atoms with Crippen LogP contribution in [-0.2, 0) is 19.1 Å². The van der Waals surface area contributed by atoms with Crippen molar-refractivity contribution in [2.75, 3.05) is 0 Å². The average Bonchev–Trinajstić information content (AvgIpc) is 2.52. The molecule has 3 atom stereocenters. The highest BCUT2D eigenvalue weighted by molar-refractivity contribution is 5.84. The van der Waals surface area contributed by atoms with Crippen molar-refractivity contribution in [3.8, 4) is 0 Å². The minimum atomic E-state index is -0.619. The second kappa shape index (κ2) is 9.23. The van der Waals surface area contributed by atoms with Crippen molar-refractivity contribution in [2.24, 2.45) is 0 Å². The van der Waals surface area contributed by atoms with Crippen molar-refractivity contribution < 1.29 is 19.1 Å². The van der Waals surface area contributed by atoms with Crippen LogP contribution in [0.4, 0.5) is 0 Å². The van der Waals surface area contributed by atoms with Gasteiger partial charge in [-0.1, -0.05) is 44.2 Å². The summed E-state index contributed by atoms with van der Waals surface area (Å²) in [7, 11) is 0. The largest absolute Gasteiger partial charge is 0.463 e. The maximum Gasteiger partial charge on any atom is 0.314 e. The fourth-order valence-corrected chi connectivity index (χ4v) is 1.91. The van der Waals surface area contributed by atoms with Gasteiger partial charge in [-0.2, -0.15) is 0 Å². The molecule has 0 fully saturated rings. The molecular formula is C18H26O4. The van der Waals surface area contributed by atoms with Crippen LogP contribution in [0.3, 0.4) is 0 Å². The second-order valence-corrected chi connectivity index (χ2v) is 5.53. The summed E-state index contributed by atoms with van der Waals surface area (Å²) in [6.07, 6.45) is 1.19. The van der Waals surface area contributed by atoms with Crippen molar-refractivity contribution in [3.63, 3.8) is 0 Å². The highest BCUT2D eigenvalue weighted by atomic mass is 16.5. The molecule has 122 valence electrons. The number of rotatable bonds is 8. The zero-order valence-corrected chi connectivity index (χ0v) is 13.9. The van der Waals surface area contributed by atoms with Crippen LogP contribution in [-0.4, -0.2) is 24.1 Å². The second-order valence-electron chi connectivity index (χ2n) is 5.53. The number of carbonyl (C=O) groups excluding carboxylic acids is 2. The standard InChI is InChI=1S/C18H26O4/c1-5-13(3)21-17(19)12-16(15-10-8-7-9-11-15)18(20)22-14(4)6-2/h7-11,13-14,16H,5-6,12H2,1-4H3. The molecule has 4 heteroatoms. The van der Waals surface area contributed by atoms with E-state index in [0.717, 1.165) is 18.4 Å². The first-order valence-electron chi connectivity index (χ1n) is 7.92. The van der Waals surface area contributed by atoms with Crippen molar-refractivity contribution in [1.82, 2.24) is 0 Å². The molecule has 1 aromatic rings. The zero-order valence-electron chi connectivity index (χ0n) is 13.9. The Morgan fingerprint density at radius 3 is 2.05 bits per heavy atom. The van der Waals surface area contributed by atoms with Crippen LogP contribution in [0, 0.1) is 0 Å². The molecule has 0 bridgehead atoms. The number of benzene rings is 1. The maximum absolute atomic E-state index is 12.4. The Balaban J connectivity index is 2.83. The van der Waals surface area contributed by atoms with Gasteiger partial charge in [0.05, 0.1) is 24.5 Å². The Hall–Kier alpha value is -1.84. The van der Waals surface area contributed by atoms with E-state index in [1.54, 1.807) is 0 Å². The number of esters is 2. The molecule has 0 aromatic heterocycles. The third-order valence-electron chi connectivity index (χ3n) is 3.66. The molecule has 4 nitrogen and oxygen atoms in total. The molecule has 0 heterocycles. The van der Waals surface area contributed by atoms with Crippen LogP contribution < -0.4 is 0 Å². The Bertz CT molecular complexity index is 469. The summed E-state index contributed by atoms with van der Waals surface area (Å²) in [5, 5.41) is 0. The van der Waals surface area contributed by atoms with E-state index < -0.39 is 5.92 Å². The smallest absolute Gasteiger partial charge is 0.314 e. The van der Waals surface area contributed by atoms with Crippen molar-refractivity contribution in [2.45, 2.75) is 65.1 Å². The Labute approximate surface area is 132 Å². The molecule has 0 amide bonds. The first-order chi connectivity index (χ1) is 10.5. The van der Waals surface area contributed by atoms with Crippen LogP contribution in [0.15, 0.2) is 30.3 Å². The molecule has 22 heavy (non-hydrogen) atoms. The molecule has 0 saturated heterocycles. The predicted molar refractivity (Wildman–Crippen MR) is 85.5 cm³/mol. The van der Waals surface area contributed by atoms with Gasteiger partial charge in [-0.05, 0) is 32.3 Å². The third kappa shape index (κ3) is 5.88. The third-order valence-corrected chi connectivity index (χ3v) is 3.66. The van der Waals surface area contributed by atoms with E-state index in [0.29, 0.717) is 0 Å². The lowest BCUT2D eigenvalue weighted by molar-refractivity contribution is -0.157. The summed E-state index contributed by atoms with van der Waals surface area (Å²) < 4.78 is 10.7. The number of carbonyl (C=O) groups is 2. The van der Waals surface area contributed by atoms with Crippen LogP contribution in [0.25, 0.3) is 0 Å². The minimum absolute atomic E-state index is 0.00359. The van der Waals surface area contributed by atoms with Crippen LogP contribution in [0.5, 0.6) is 0 Å². The summed E-state index contributed by atoms with van der Waals surface area (Å²) in [5.41, 5.74) is 0.775. The quantitative estimate of drug-likeness (QED) is 0.685. The van der Waals surface area contributed by atoms with Gasteiger partial charge in [0.15, 0.2) is 0 Å². The highest BCUT2D eigenvalue weighted by Gasteiger charge is 2.27. The number of ether oxygens (including phenoxy) is 2. The molecule has 0 N–H and O–H groups in total. The normalized spacial score (nSPS) is 14.7. The first-order valence-corrected chi connectivity index (χ1v) is 7.92. The molecule has 1 aromatic carbocycles. The van der Waals surface area contributed by atoms with Crippen LogP contribution >= 0.6 is 0 Å². The van der Waals surface area contributed by atoms with Gasteiger partial charge in [0, 0.05) is 0 Å². The Morgan fingerprint density at radius 2 is 1.50 bits per heavy atom. The molecule has 1 rings (SSSR count). The summed E-state index contributed by atoms with van der Waals surface area (Å²) >= 11 is 0. The Kier molecular flexibility index (Phi) is 7.64. The van der Waals surface area contributed by atoms with Gasteiger partial charge in [-0.25, -0.2) is 0 Å². The highest BCUT2D eigenvalue weighted by Crippen LogP contribution is 2.23. The summed E-state index contributed by atoms with van der Waals surface area (Å²) in [6, 6.07) is 9.23. The van der Waals surface area contributed by atoms with Gasteiger partial charge < -0.3 is 9.47 Å². The molecule has 3 unspecified atom stereocenters. The van der Waals surface area contributed by atoms with Gasteiger partial charge in [0.25, 0.3) is 0 Å². The molecule has 0 aliphatic heterocycles. The average molecular weight is 306 g/mol. The van der Waals surface area contributed by atoms with E-state index in [-0.39, 0.29) is 30.6 Å². The topological polar surface area (TPSA) is 52.6 Å². The SMILES string of the molecule is CCC(C)OC(=O)CC(C(=O)OC(C)CC)c1ccccc1. The molecule has 0 spiro atoms. The van der Waals surface area contributed by atoms with Crippen molar-refractivity contribution >= 4 is 11.9 Å². The molecular weight excluding hydrogens is 280 g/mol. The van der Waals surface area contributed by atoms with Gasteiger partial charge >= 0.3 is 11.9 Å². The number of hydrogen-bond donors (Lipinski definition) is 0. The van der Waals surface area contributed by atoms with E-state index in [9.17, 15) is 9.59 Å². The number of hydrogen-bond acceptors (Lipinski definition) is 4. The fourth-order valence-electron chi connectivity index (χ4n) is 1.91. The van der Waals surface area contributed by atoms with Crippen LogP contribution in [0.2, 0.25) is 0 Å². The molecule has 0 radical (unpaired) electrons. The lowest BCUT2D eigenvalue weighted by atomic mass is 9.96. The predicted octanol–water partition coefficient (Wildman–Crippen LogP) is 3.84. The van der Waals surface area contributed by atoms with Crippen LogP contribution in [0.1, 0.15) is 58.4 Å². The lowest BCUT2D eigenvalue weighted by Gasteiger charge is -2.19. The van der Waals surface area contributed by atoms with Gasteiger partial charge in [-0.3, -0.25) is 9.59 Å². The summed E-state index contributed by atoms with van der Waals surface area (Å²) in [5.74, 6) is -1.36. The first kappa shape index (κ1) is 18.2. The van der Waals surface area contributed by atoms with E-state index in [2.05, 4.69) is 0 Å². The van der Waals surface area contributed by atoms with E-state index >= 15 is 0 Å². The zero-order chi connectivity index (χ0) is 16.5. The Morgan fingerprint density at radius 1 is 0.955 bits per heavy atom. The van der Waals surface area contributed by atoms with E-state index in [1.807, 2.05) is 58.0 Å². The van der Waals surface area contributed by atoms with Gasteiger partial charge in [0.2, 0.25) is 0 Å². The lowest BCUT2D eigenvalue weighted by Crippen LogP contribution is -2.25. The van der Waals surface area contributed by atoms with Crippen molar-refractivity contribution in [1.29, 1.82) is 0 Å². The molecule has 0 saturated carbocycles. The minimum Gasteiger partial charge on any atom is -0.463 e. The maximum atomic E-state index is 12.4. The summed E-state index contributed by atoms with van der Waals surface area (Å²) in [6.45, 7) is 7.58. The van der Waals surface area contributed by atoms with Crippen molar-refractivity contribution in [3.05, 3.63) is 35.9 Å². The van der Waals surface area contributed by atoms with E-state index in [1.165, 1.54) is 0 Å². The van der Waals surface area contributed by atoms with Gasteiger partial charge in [-0.15, -0.1) is 0 Å². The van der Waals surface area contributed by atoms with E-state index in [4.69, 9.17) is 9.47 Å². The monoisotopic (exact) mass is 306 g/mol. The molecule has 0 aliphatic rings. The fraction of sp³-hybridized carbons (Fsp3) is 0.556.